The normalized spacial score (nSPS) is 17.0. The molecule has 3 aromatic rings. The van der Waals surface area contributed by atoms with Crippen LogP contribution in [0.2, 0.25) is 0 Å². The first-order valence-electron chi connectivity index (χ1n) is 10.4. The molecule has 1 amide bonds. The number of nitrogens with zero attached hydrogens (tertiary/aromatic N) is 6. The van der Waals surface area contributed by atoms with Gasteiger partial charge in [-0.15, -0.1) is 10.2 Å². The van der Waals surface area contributed by atoms with E-state index in [1.54, 1.807) is 13.2 Å². The lowest BCUT2D eigenvalue weighted by Crippen LogP contribution is -2.42. The summed E-state index contributed by atoms with van der Waals surface area (Å²) in [6.45, 7) is 2.49. The first kappa shape index (κ1) is 20.6. The molecule has 3 aromatic heterocycles. The molecule has 1 saturated heterocycles. The number of pyridine rings is 2. The molecule has 0 radical (unpaired) electrons. The van der Waals surface area contributed by atoms with Crippen LogP contribution < -0.4 is 21.3 Å². The third-order valence-electron chi connectivity index (χ3n) is 5.46. The van der Waals surface area contributed by atoms with E-state index < -0.39 is 0 Å². The van der Waals surface area contributed by atoms with Crippen molar-refractivity contribution < 1.29 is 4.79 Å². The Morgan fingerprint density at radius 2 is 2.10 bits per heavy atom. The molecule has 0 saturated carbocycles. The van der Waals surface area contributed by atoms with Crippen LogP contribution in [0.15, 0.2) is 47.7 Å². The van der Waals surface area contributed by atoms with Crippen molar-refractivity contribution >= 4 is 23.3 Å². The summed E-state index contributed by atoms with van der Waals surface area (Å²) < 4.78 is 1.94. The van der Waals surface area contributed by atoms with E-state index in [1.165, 1.54) is 0 Å². The monoisotopic (exact) mass is 421 g/mol. The standard InChI is InChI=1S/C21H27N9O/c1-23-21(26-13-18-28-27-17-8-2-3-11-30(17)18)25-12-15-6-4-9-24-20(15)29-10-5-7-16(14-29)19(22)31/h2-4,6,8-9,11,16H,5,7,10,12-14H2,1H3,(H2,22,31)(H2,23,25,26). The number of hydrogen-bond donors (Lipinski definition) is 3. The number of nitrogens with two attached hydrogens (primary N) is 1. The topological polar surface area (TPSA) is 126 Å². The van der Waals surface area contributed by atoms with Gasteiger partial charge in [0.25, 0.3) is 0 Å². The largest absolute Gasteiger partial charge is 0.369 e. The van der Waals surface area contributed by atoms with Crippen molar-refractivity contribution in [2.24, 2.45) is 16.6 Å². The van der Waals surface area contributed by atoms with E-state index in [1.807, 2.05) is 40.9 Å². The van der Waals surface area contributed by atoms with Crippen molar-refractivity contribution in [3.05, 3.63) is 54.1 Å². The lowest BCUT2D eigenvalue weighted by Gasteiger charge is -2.33. The quantitative estimate of drug-likeness (QED) is 0.395. The average Bonchev–Trinajstić information content (AvgIpc) is 3.22. The molecule has 162 valence electrons. The minimum Gasteiger partial charge on any atom is -0.369 e. The van der Waals surface area contributed by atoms with Gasteiger partial charge in [-0.1, -0.05) is 12.1 Å². The second-order valence-electron chi connectivity index (χ2n) is 7.50. The highest BCUT2D eigenvalue weighted by molar-refractivity contribution is 5.80. The Hall–Kier alpha value is -3.69. The molecule has 1 aliphatic heterocycles. The number of carbonyl (C=O) groups excluding carboxylic acids is 1. The van der Waals surface area contributed by atoms with Crippen molar-refractivity contribution in [3.8, 4) is 0 Å². The maximum Gasteiger partial charge on any atom is 0.222 e. The molecule has 10 nitrogen and oxygen atoms in total. The number of amides is 1. The Morgan fingerprint density at radius 3 is 2.94 bits per heavy atom. The molecule has 10 heteroatoms. The minimum absolute atomic E-state index is 0.135. The van der Waals surface area contributed by atoms with E-state index in [9.17, 15) is 4.79 Å². The zero-order valence-corrected chi connectivity index (χ0v) is 17.5. The maximum atomic E-state index is 11.6. The molecule has 0 spiro atoms. The Bertz CT molecular complexity index is 1080. The van der Waals surface area contributed by atoms with Gasteiger partial charge < -0.3 is 21.3 Å². The number of carbonyl (C=O) groups is 1. The van der Waals surface area contributed by atoms with Gasteiger partial charge in [-0.2, -0.15) is 0 Å². The Morgan fingerprint density at radius 1 is 1.23 bits per heavy atom. The summed E-state index contributed by atoms with van der Waals surface area (Å²) in [5, 5.41) is 15.0. The number of anilines is 1. The van der Waals surface area contributed by atoms with Crippen LogP contribution in [0.4, 0.5) is 5.82 Å². The summed E-state index contributed by atoms with van der Waals surface area (Å²) >= 11 is 0. The fourth-order valence-electron chi connectivity index (χ4n) is 3.83. The van der Waals surface area contributed by atoms with Crippen LogP contribution in [0.1, 0.15) is 24.2 Å². The summed E-state index contributed by atoms with van der Waals surface area (Å²) in [6.07, 6.45) is 5.46. The van der Waals surface area contributed by atoms with Gasteiger partial charge >= 0.3 is 0 Å². The molecular weight excluding hydrogens is 394 g/mol. The van der Waals surface area contributed by atoms with Gasteiger partial charge in [0, 0.05) is 44.6 Å². The van der Waals surface area contributed by atoms with Gasteiger partial charge in [0.2, 0.25) is 5.91 Å². The molecule has 4 rings (SSSR count). The van der Waals surface area contributed by atoms with Crippen LogP contribution in [-0.4, -0.2) is 51.6 Å². The first-order chi connectivity index (χ1) is 15.2. The summed E-state index contributed by atoms with van der Waals surface area (Å²) in [4.78, 5) is 22.7. The van der Waals surface area contributed by atoms with Gasteiger partial charge in [0.1, 0.15) is 5.82 Å². The molecule has 4 N–H and O–H groups in total. The maximum absolute atomic E-state index is 11.6. The summed E-state index contributed by atoms with van der Waals surface area (Å²) in [5.41, 5.74) is 7.37. The molecule has 0 aliphatic carbocycles. The second kappa shape index (κ2) is 9.41. The van der Waals surface area contributed by atoms with Crippen LogP contribution in [0.3, 0.4) is 0 Å². The van der Waals surface area contributed by atoms with Gasteiger partial charge in [-0.3, -0.25) is 14.2 Å². The van der Waals surface area contributed by atoms with E-state index in [4.69, 9.17) is 5.73 Å². The number of fused-ring (bicyclic) bond motifs is 1. The number of rotatable bonds is 6. The fraction of sp³-hybridized carbons (Fsp3) is 0.381. The van der Waals surface area contributed by atoms with Crippen LogP contribution in [0.5, 0.6) is 0 Å². The number of nitrogens with one attached hydrogen (secondary N) is 2. The van der Waals surface area contributed by atoms with E-state index in [-0.39, 0.29) is 11.8 Å². The van der Waals surface area contributed by atoms with Gasteiger partial charge in [0.05, 0.1) is 12.5 Å². The Balaban J connectivity index is 1.39. The summed E-state index contributed by atoms with van der Waals surface area (Å²) in [6, 6.07) is 9.73. The molecule has 0 aromatic carbocycles. The zero-order chi connectivity index (χ0) is 21.6. The molecule has 1 aliphatic rings. The van der Waals surface area contributed by atoms with E-state index in [0.717, 1.165) is 42.2 Å². The van der Waals surface area contributed by atoms with Crippen LogP contribution in [0, 0.1) is 5.92 Å². The number of piperidine rings is 1. The predicted molar refractivity (Wildman–Crippen MR) is 118 cm³/mol. The Kier molecular flexibility index (Phi) is 6.25. The third-order valence-corrected chi connectivity index (χ3v) is 5.46. The highest BCUT2D eigenvalue weighted by Gasteiger charge is 2.26. The van der Waals surface area contributed by atoms with Crippen LogP contribution >= 0.6 is 0 Å². The molecule has 4 heterocycles. The van der Waals surface area contributed by atoms with E-state index in [2.05, 4.69) is 35.7 Å². The fourth-order valence-corrected chi connectivity index (χ4v) is 3.83. The molecule has 1 unspecified atom stereocenters. The van der Waals surface area contributed by atoms with Crippen molar-refractivity contribution in [3.63, 3.8) is 0 Å². The van der Waals surface area contributed by atoms with Crippen LogP contribution in [0.25, 0.3) is 5.65 Å². The number of guanidine groups is 1. The Labute approximate surface area is 180 Å². The van der Waals surface area contributed by atoms with Crippen molar-refractivity contribution in [1.82, 2.24) is 30.2 Å². The van der Waals surface area contributed by atoms with Crippen molar-refractivity contribution in [2.75, 3.05) is 25.0 Å². The number of aromatic nitrogens is 4. The lowest BCUT2D eigenvalue weighted by molar-refractivity contribution is -0.122. The van der Waals surface area contributed by atoms with Gasteiger partial charge in [-0.05, 0) is 31.0 Å². The SMILES string of the molecule is CN=C(NCc1cccnc1N1CCCC(C(N)=O)C1)NCc1nnc2ccccn12. The van der Waals surface area contributed by atoms with Crippen molar-refractivity contribution in [2.45, 2.75) is 25.9 Å². The lowest BCUT2D eigenvalue weighted by atomic mass is 9.97. The van der Waals surface area contributed by atoms with Gasteiger partial charge in [-0.25, -0.2) is 4.98 Å². The van der Waals surface area contributed by atoms with E-state index >= 15 is 0 Å². The van der Waals surface area contributed by atoms with E-state index in [0.29, 0.717) is 25.6 Å². The first-order valence-corrected chi connectivity index (χ1v) is 10.4. The van der Waals surface area contributed by atoms with Gasteiger partial charge in [0.15, 0.2) is 17.4 Å². The van der Waals surface area contributed by atoms with Crippen molar-refractivity contribution in [1.29, 1.82) is 0 Å². The smallest absolute Gasteiger partial charge is 0.222 e. The molecule has 31 heavy (non-hydrogen) atoms. The molecule has 1 fully saturated rings. The average molecular weight is 422 g/mol. The summed E-state index contributed by atoms with van der Waals surface area (Å²) in [7, 11) is 1.73. The minimum atomic E-state index is -0.245. The van der Waals surface area contributed by atoms with Crippen LogP contribution in [-0.2, 0) is 17.9 Å². The predicted octanol–water partition coefficient (Wildman–Crippen LogP) is 0.691. The highest BCUT2D eigenvalue weighted by atomic mass is 16.1. The molecular formula is C21H27N9O. The number of hydrogen-bond acceptors (Lipinski definition) is 6. The number of aliphatic imine (C=N–C) groups is 1. The number of primary amides is 1. The summed E-state index contributed by atoms with van der Waals surface area (Å²) in [5.74, 6) is 1.94. The molecule has 0 bridgehead atoms. The third kappa shape index (κ3) is 4.73. The second-order valence-corrected chi connectivity index (χ2v) is 7.50. The zero-order valence-electron chi connectivity index (χ0n) is 17.5. The molecule has 1 atom stereocenters. The highest BCUT2D eigenvalue weighted by Crippen LogP contribution is 2.24.